The first-order valence-corrected chi connectivity index (χ1v) is 8.48. The molecule has 0 radical (unpaired) electrons. The van der Waals surface area contributed by atoms with Gasteiger partial charge in [0.2, 0.25) is 0 Å². The van der Waals surface area contributed by atoms with Gasteiger partial charge in [0.1, 0.15) is 11.5 Å². The number of alkyl halides is 3. The van der Waals surface area contributed by atoms with E-state index < -0.39 is 17.6 Å². The van der Waals surface area contributed by atoms with Gasteiger partial charge in [0, 0.05) is 18.9 Å². The fraction of sp³-hybridized carbons (Fsp3) is 0.200. The molecule has 0 spiro atoms. The molecule has 1 N–H and O–H groups in total. The first kappa shape index (κ1) is 19.6. The van der Waals surface area contributed by atoms with E-state index in [1.807, 2.05) is 12.1 Å². The van der Waals surface area contributed by atoms with Crippen molar-refractivity contribution < 1.29 is 17.6 Å². The Bertz CT molecular complexity index is 971. The largest absolute Gasteiger partial charge is 0.416 e. The highest BCUT2D eigenvalue weighted by Gasteiger charge is 2.29. The second-order valence-corrected chi connectivity index (χ2v) is 6.24. The van der Waals surface area contributed by atoms with E-state index in [1.165, 1.54) is 12.1 Å². The van der Waals surface area contributed by atoms with Gasteiger partial charge in [-0.15, -0.1) is 0 Å². The van der Waals surface area contributed by atoms with Crippen molar-refractivity contribution in [2.45, 2.75) is 19.6 Å². The molecule has 0 atom stereocenters. The molecule has 0 fully saturated rings. The van der Waals surface area contributed by atoms with Crippen molar-refractivity contribution in [1.82, 2.24) is 14.8 Å². The van der Waals surface area contributed by atoms with Crippen LogP contribution in [0.3, 0.4) is 0 Å². The summed E-state index contributed by atoms with van der Waals surface area (Å²) < 4.78 is 54.0. The molecule has 0 bridgehead atoms. The van der Waals surface area contributed by atoms with Crippen molar-refractivity contribution in [1.29, 1.82) is 0 Å². The molecule has 28 heavy (non-hydrogen) atoms. The molecule has 0 aliphatic heterocycles. The van der Waals surface area contributed by atoms with Gasteiger partial charge in [-0.1, -0.05) is 18.2 Å². The molecule has 0 unspecified atom stereocenters. The van der Waals surface area contributed by atoms with Crippen molar-refractivity contribution >= 4 is 17.7 Å². The summed E-state index contributed by atoms with van der Waals surface area (Å²) in [4.78, 5) is 4.23. The van der Waals surface area contributed by atoms with Crippen molar-refractivity contribution in [2.75, 3.05) is 12.4 Å². The second-order valence-electron chi connectivity index (χ2n) is 6.24. The normalized spacial score (nSPS) is 12.3. The van der Waals surface area contributed by atoms with Crippen LogP contribution in [-0.4, -0.2) is 21.8 Å². The second kappa shape index (κ2) is 7.84. The fourth-order valence-corrected chi connectivity index (χ4v) is 2.61. The first-order chi connectivity index (χ1) is 13.3. The van der Waals surface area contributed by atoms with Gasteiger partial charge in [0.25, 0.3) is 0 Å². The predicted octanol–water partition coefficient (Wildman–Crippen LogP) is 5.16. The highest BCUT2D eigenvalue weighted by atomic mass is 19.4. The third kappa shape index (κ3) is 4.57. The summed E-state index contributed by atoms with van der Waals surface area (Å²) in [5.41, 5.74) is 1.33. The van der Waals surface area contributed by atoms with Crippen molar-refractivity contribution in [3.63, 3.8) is 0 Å². The zero-order valence-corrected chi connectivity index (χ0v) is 15.3. The summed E-state index contributed by atoms with van der Waals surface area (Å²) in [6, 6.07) is 9.61. The van der Waals surface area contributed by atoms with Crippen molar-refractivity contribution in [3.05, 3.63) is 76.7 Å². The minimum atomic E-state index is -4.42. The van der Waals surface area contributed by atoms with E-state index in [-0.39, 0.29) is 5.69 Å². The molecule has 2 heterocycles. The molecule has 0 aliphatic rings. The zero-order valence-electron chi connectivity index (χ0n) is 15.3. The third-order valence-corrected chi connectivity index (χ3v) is 4.17. The first-order valence-electron chi connectivity index (χ1n) is 8.48. The summed E-state index contributed by atoms with van der Waals surface area (Å²) in [6.45, 7) is 2.23. The lowest BCUT2D eigenvalue weighted by Crippen LogP contribution is -2.05. The molecular formula is C20H18F4N4. The van der Waals surface area contributed by atoms with Crippen LogP contribution in [0.25, 0.3) is 11.9 Å². The summed E-state index contributed by atoms with van der Waals surface area (Å²) in [5.74, 6) is 0.123. The number of anilines is 1. The molecule has 0 aliphatic carbocycles. The quantitative estimate of drug-likeness (QED) is 0.612. The smallest absolute Gasteiger partial charge is 0.373 e. The molecule has 3 rings (SSSR count). The van der Waals surface area contributed by atoms with E-state index in [9.17, 15) is 17.6 Å². The third-order valence-electron chi connectivity index (χ3n) is 4.17. The van der Waals surface area contributed by atoms with E-state index in [0.717, 1.165) is 35.3 Å². The zero-order chi connectivity index (χ0) is 20.3. The lowest BCUT2D eigenvalue weighted by molar-refractivity contribution is -0.137. The number of hydrogen-bond donors (Lipinski definition) is 1. The van der Waals surface area contributed by atoms with Crippen LogP contribution < -0.4 is 5.32 Å². The lowest BCUT2D eigenvalue weighted by atomic mass is 10.1. The Morgan fingerprint density at radius 3 is 2.43 bits per heavy atom. The average molecular weight is 390 g/mol. The number of nitrogens with one attached hydrogen (secondary N) is 1. The molecule has 0 saturated heterocycles. The number of pyridine rings is 1. The van der Waals surface area contributed by atoms with Crippen molar-refractivity contribution in [2.24, 2.45) is 0 Å². The van der Waals surface area contributed by atoms with E-state index in [4.69, 9.17) is 0 Å². The maximum atomic E-state index is 14.5. The van der Waals surface area contributed by atoms with Gasteiger partial charge in [0.05, 0.1) is 12.1 Å². The monoisotopic (exact) mass is 390 g/mol. The van der Waals surface area contributed by atoms with E-state index in [2.05, 4.69) is 15.4 Å². The molecule has 8 heteroatoms. The minimum Gasteiger partial charge on any atom is -0.373 e. The summed E-state index contributed by atoms with van der Waals surface area (Å²) in [7, 11) is 1.78. The predicted molar refractivity (Wildman–Crippen MR) is 100 cm³/mol. The minimum absolute atomic E-state index is 0.122. The average Bonchev–Trinajstić information content (AvgIpc) is 3.03. The molecule has 1 aromatic carbocycles. The van der Waals surface area contributed by atoms with Crippen LogP contribution in [-0.2, 0) is 12.7 Å². The Morgan fingerprint density at radius 1 is 1.14 bits per heavy atom. The van der Waals surface area contributed by atoms with Gasteiger partial charge in [-0.05, 0) is 48.4 Å². The molecule has 0 amide bonds. The molecule has 3 aromatic rings. The Labute approximate surface area is 159 Å². The maximum absolute atomic E-state index is 14.5. The summed E-state index contributed by atoms with van der Waals surface area (Å²) in [5, 5.41) is 7.18. The van der Waals surface area contributed by atoms with Crippen molar-refractivity contribution in [3.8, 4) is 0 Å². The van der Waals surface area contributed by atoms with Crippen LogP contribution in [0, 0.1) is 6.92 Å². The van der Waals surface area contributed by atoms with Crippen LogP contribution in [0.15, 0.2) is 48.7 Å². The van der Waals surface area contributed by atoms with Gasteiger partial charge in [-0.3, -0.25) is 4.68 Å². The Balaban J connectivity index is 1.78. The standard InChI is InChI=1S/C20H18F4N4/c1-13-9-18(27-28(13)12-15-5-8-19(25-2)26-11-15)17(21)10-14-3-6-16(7-4-14)20(22,23)24/h3-11H,12H2,1-2H3,(H,25,26). The number of aryl methyl sites for hydroxylation is 1. The molecule has 0 saturated carbocycles. The van der Waals surface area contributed by atoms with E-state index >= 15 is 0 Å². The molecule has 4 nitrogen and oxygen atoms in total. The van der Waals surface area contributed by atoms with Crippen LogP contribution in [0.5, 0.6) is 0 Å². The number of halogens is 4. The van der Waals surface area contributed by atoms with Gasteiger partial charge in [-0.25, -0.2) is 9.37 Å². The highest BCUT2D eigenvalue weighted by Crippen LogP contribution is 2.29. The SMILES string of the molecule is CNc1ccc(Cn2nc(C(F)=Cc3ccc(C(F)(F)F)cc3)cc2C)cn1. The van der Waals surface area contributed by atoms with E-state index in [1.54, 1.807) is 30.9 Å². The number of hydrogen-bond acceptors (Lipinski definition) is 3. The van der Waals surface area contributed by atoms with Gasteiger partial charge in [-0.2, -0.15) is 18.3 Å². The fourth-order valence-electron chi connectivity index (χ4n) is 2.61. The number of benzene rings is 1. The molecular weight excluding hydrogens is 372 g/mol. The van der Waals surface area contributed by atoms with Gasteiger partial charge >= 0.3 is 6.18 Å². The lowest BCUT2D eigenvalue weighted by Gasteiger charge is -2.06. The van der Waals surface area contributed by atoms with Crippen LogP contribution in [0.2, 0.25) is 0 Å². The number of nitrogens with zero attached hydrogens (tertiary/aromatic N) is 3. The van der Waals surface area contributed by atoms with E-state index in [0.29, 0.717) is 12.1 Å². The maximum Gasteiger partial charge on any atom is 0.416 e. The Kier molecular flexibility index (Phi) is 5.48. The number of aromatic nitrogens is 3. The Hall–Kier alpha value is -3.16. The van der Waals surface area contributed by atoms with Crippen LogP contribution in [0.4, 0.5) is 23.4 Å². The number of rotatable bonds is 5. The van der Waals surface area contributed by atoms with Crippen LogP contribution >= 0.6 is 0 Å². The Morgan fingerprint density at radius 2 is 1.86 bits per heavy atom. The highest BCUT2D eigenvalue weighted by molar-refractivity contribution is 5.75. The van der Waals surface area contributed by atoms with Gasteiger partial charge < -0.3 is 5.32 Å². The molecule has 2 aromatic heterocycles. The summed E-state index contributed by atoms with van der Waals surface area (Å²) >= 11 is 0. The molecule has 146 valence electrons. The topological polar surface area (TPSA) is 42.7 Å². The van der Waals surface area contributed by atoms with Gasteiger partial charge in [0.15, 0.2) is 5.83 Å². The van der Waals surface area contributed by atoms with Crippen LogP contribution in [0.1, 0.15) is 28.1 Å². The summed E-state index contributed by atoms with van der Waals surface area (Å²) in [6.07, 6.45) is -1.55.